The Balaban J connectivity index is 1.42. The number of aromatic nitrogens is 2. The highest BCUT2D eigenvalue weighted by atomic mass is 35.5. The zero-order valence-electron chi connectivity index (χ0n) is 13.8. The molecule has 1 amide bonds. The molecule has 0 saturated heterocycles. The molecule has 0 fully saturated rings. The lowest BCUT2D eigenvalue weighted by molar-refractivity contribution is 0.0936. The van der Waals surface area contributed by atoms with Gasteiger partial charge in [0.1, 0.15) is 0 Å². The molecule has 1 N–H and O–H groups in total. The fraction of sp³-hybridized carbons (Fsp3) is 0.158. The van der Waals surface area contributed by atoms with Gasteiger partial charge in [0.05, 0.1) is 0 Å². The predicted molar refractivity (Wildman–Crippen MR) is 96.5 cm³/mol. The van der Waals surface area contributed by atoms with Crippen molar-refractivity contribution in [3.63, 3.8) is 0 Å². The maximum absolute atomic E-state index is 12.5. The van der Waals surface area contributed by atoms with Gasteiger partial charge >= 0.3 is 0 Å². The summed E-state index contributed by atoms with van der Waals surface area (Å²) in [5.74, 6) is 1.54. The van der Waals surface area contributed by atoms with Crippen molar-refractivity contribution in [2.75, 3.05) is 6.79 Å². The highest BCUT2D eigenvalue weighted by Gasteiger charge is 2.15. The van der Waals surface area contributed by atoms with Gasteiger partial charge in [0.25, 0.3) is 5.91 Å². The van der Waals surface area contributed by atoms with Crippen molar-refractivity contribution in [1.82, 2.24) is 14.9 Å². The van der Waals surface area contributed by atoms with Crippen LogP contribution in [0.4, 0.5) is 0 Å². The number of carbonyl (C=O) groups excluding carboxylic acids is 1. The quantitative estimate of drug-likeness (QED) is 0.749. The standard InChI is InChI=1S/C19H16ClN3O3/c20-15-4-1-13(2-5-15)11-23-8-7-21-18(23)19(24)22-10-14-3-6-16-17(9-14)26-12-25-16/h1-9H,10-12H2,(H,22,24). The first kappa shape index (κ1) is 16.5. The SMILES string of the molecule is O=C(NCc1ccc2c(c1)OCO2)c1nccn1Cc1ccc(Cl)cc1. The van der Waals surface area contributed by atoms with Crippen molar-refractivity contribution in [2.24, 2.45) is 0 Å². The summed E-state index contributed by atoms with van der Waals surface area (Å²) in [5, 5.41) is 3.57. The number of hydrogen-bond acceptors (Lipinski definition) is 4. The average Bonchev–Trinajstić information content (AvgIpc) is 3.30. The molecule has 26 heavy (non-hydrogen) atoms. The van der Waals surface area contributed by atoms with Gasteiger partial charge in [-0.1, -0.05) is 29.8 Å². The smallest absolute Gasteiger partial charge is 0.287 e. The Bertz CT molecular complexity index is 937. The summed E-state index contributed by atoms with van der Waals surface area (Å²) in [6.07, 6.45) is 3.40. The van der Waals surface area contributed by atoms with E-state index in [2.05, 4.69) is 10.3 Å². The largest absolute Gasteiger partial charge is 0.454 e. The number of fused-ring (bicyclic) bond motifs is 1. The zero-order chi connectivity index (χ0) is 17.9. The van der Waals surface area contributed by atoms with Gasteiger partial charge in [0.2, 0.25) is 6.79 Å². The van der Waals surface area contributed by atoms with Gasteiger partial charge in [-0.2, -0.15) is 0 Å². The molecule has 1 aliphatic rings. The number of rotatable bonds is 5. The first-order valence-corrected chi connectivity index (χ1v) is 8.49. The molecule has 2 aromatic carbocycles. The van der Waals surface area contributed by atoms with Crippen LogP contribution >= 0.6 is 11.6 Å². The lowest BCUT2D eigenvalue weighted by Gasteiger charge is -2.09. The van der Waals surface area contributed by atoms with Crippen molar-refractivity contribution in [3.05, 3.63) is 76.8 Å². The minimum atomic E-state index is -0.235. The molecule has 0 spiro atoms. The number of benzene rings is 2. The van der Waals surface area contributed by atoms with Crippen LogP contribution in [0.15, 0.2) is 54.9 Å². The van der Waals surface area contributed by atoms with Crippen LogP contribution in [0.3, 0.4) is 0 Å². The molecule has 132 valence electrons. The number of halogens is 1. The highest BCUT2D eigenvalue weighted by Crippen LogP contribution is 2.32. The number of hydrogen-bond donors (Lipinski definition) is 1. The first-order valence-electron chi connectivity index (χ1n) is 8.11. The summed E-state index contributed by atoms with van der Waals surface area (Å²) in [4.78, 5) is 16.7. The maximum Gasteiger partial charge on any atom is 0.287 e. The van der Waals surface area contributed by atoms with E-state index in [1.54, 1.807) is 17.0 Å². The molecule has 2 heterocycles. The van der Waals surface area contributed by atoms with Crippen LogP contribution in [0.2, 0.25) is 5.02 Å². The molecule has 7 heteroatoms. The minimum Gasteiger partial charge on any atom is -0.454 e. The van der Waals surface area contributed by atoms with E-state index >= 15 is 0 Å². The number of carbonyl (C=O) groups is 1. The van der Waals surface area contributed by atoms with Crippen molar-refractivity contribution in [1.29, 1.82) is 0 Å². The zero-order valence-corrected chi connectivity index (χ0v) is 14.6. The number of imidazole rings is 1. The first-order chi connectivity index (χ1) is 12.7. The van der Waals surface area contributed by atoms with Crippen molar-refractivity contribution in [2.45, 2.75) is 13.1 Å². The predicted octanol–water partition coefficient (Wildman–Crippen LogP) is 3.24. The van der Waals surface area contributed by atoms with E-state index in [-0.39, 0.29) is 12.7 Å². The third kappa shape index (κ3) is 3.50. The van der Waals surface area contributed by atoms with Gasteiger partial charge in [0, 0.05) is 30.5 Å². The number of ether oxygens (including phenoxy) is 2. The number of nitrogens with one attached hydrogen (secondary N) is 1. The van der Waals surface area contributed by atoms with Crippen LogP contribution in [-0.2, 0) is 13.1 Å². The normalized spacial score (nSPS) is 12.2. The molecule has 3 aromatic rings. The Kier molecular flexibility index (Phi) is 4.50. The Morgan fingerprint density at radius 1 is 1.12 bits per heavy atom. The topological polar surface area (TPSA) is 65.4 Å². The molecule has 1 aromatic heterocycles. The van der Waals surface area contributed by atoms with Crippen LogP contribution in [-0.4, -0.2) is 22.3 Å². The van der Waals surface area contributed by atoms with E-state index in [9.17, 15) is 4.79 Å². The Morgan fingerprint density at radius 2 is 1.88 bits per heavy atom. The van der Waals surface area contributed by atoms with E-state index in [1.807, 2.05) is 42.5 Å². The Hall–Kier alpha value is -2.99. The van der Waals surface area contributed by atoms with Crippen LogP contribution in [0, 0.1) is 0 Å². The number of nitrogens with zero attached hydrogens (tertiary/aromatic N) is 2. The van der Waals surface area contributed by atoms with Crippen molar-refractivity contribution >= 4 is 17.5 Å². The monoisotopic (exact) mass is 369 g/mol. The molecule has 6 nitrogen and oxygen atoms in total. The van der Waals surface area contributed by atoms with Gasteiger partial charge in [-0.15, -0.1) is 0 Å². The van der Waals surface area contributed by atoms with Crippen LogP contribution in [0.5, 0.6) is 11.5 Å². The molecule has 4 rings (SSSR count). The fourth-order valence-electron chi connectivity index (χ4n) is 2.74. The van der Waals surface area contributed by atoms with Gasteiger partial charge in [-0.25, -0.2) is 4.98 Å². The third-order valence-electron chi connectivity index (χ3n) is 4.07. The summed E-state index contributed by atoms with van der Waals surface area (Å²) in [6, 6.07) is 13.1. The van der Waals surface area contributed by atoms with Crippen LogP contribution in [0.25, 0.3) is 0 Å². The van der Waals surface area contributed by atoms with Crippen molar-refractivity contribution < 1.29 is 14.3 Å². The molecular formula is C19H16ClN3O3. The van der Waals surface area contributed by atoms with E-state index in [1.165, 1.54) is 0 Å². The van der Waals surface area contributed by atoms with Gasteiger partial charge < -0.3 is 19.4 Å². The maximum atomic E-state index is 12.5. The van der Waals surface area contributed by atoms with E-state index in [4.69, 9.17) is 21.1 Å². The second-order valence-corrected chi connectivity index (χ2v) is 6.31. The summed E-state index contributed by atoms with van der Waals surface area (Å²) in [7, 11) is 0. The third-order valence-corrected chi connectivity index (χ3v) is 4.33. The second-order valence-electron chi connectivity index (χ2n) is 5.88. The lowest BCUT2D eigenvalue weighted by Crippen LogP contribution is -2.26. The number of amides is 1. The van der Waals surface area contributed by atoms with Crippen molar-refractivity contribution in [3.8, 4) is 11.5 Å². The summed E-state index contributed by atoms with van der Waals surface area (Å²) in [6.45, 7) is 1.15. The highest BCUT2D eigenvalue weighted by molar-refractivity contribution is 6.30. The summed E-state index contributed by atoms with van der Waals surface area (Å²) < 4.78 is 12.4. The second kappa shape index (κ2) is 7.09. The summed E-state index contributed by atoms with van der Waals surface area (Å²) in [5.41, 5.74) is 1.97. The van der Waals surface area contributed by atoms with Gasteiger partial charge in [0.15, 0.2) is 17.3 Å². The lowest BCUT2D eigenvalue weighted by atomic mass is 10.2. The molecule has 0 aliphatic carbocycles. The fourth-order valence-corrected chi connectivity index (χ4v) is 2.87. The van der Waals surface area contributed by atoms with Crippen LogP contribution in [0.1, 0.15) is 21.7 Å². The van der Waals surface area contributed by atoms with E-state index in [0.29, 0.717) is 29.7 Å². The summed E-state index contributed by atoms with van der Waals surface area (Å²) >= 11 is 5.91. The van der Waals surface area contributed by atoms with E-state index < -0.39 is 0 Å². The average molecular weight is 370 g/mol. The molecule has 0 atom stereocenters. The molecular weight excluding hydrogens is 354 g/mol. The Morgan fingerprint density at radius 3 is 2.73 bits per heavy atom. The van der Waals surface area contributed by atoms with E-state index in [0.717, 1.165) is 16.9 Å². The molecule has 0 saturated carbocycles. The van der Waals surface area contributed by atoms with Gasteiger partial charge in [-0.05, 0) is 35.4 Å². The van der Waals surface area contributed by atoms with Gasteiger partial charge in [-0.3, -0.25) is 4.79 Å². The molecule has 1 aliphatic heterocycles. The molecule has 0 bridgehead atoms. The molecule has 0 radical (unpaired) electrons. The Labute approximate surface area is 155 Å². The minimum absolute atomic E-state index is 0.229. The van der Waals surface area contributed by atoms with Crippen LogP contribution < -0.4 is 14.8 Å². The molecule has 0 unspecified atom stereocenters.